The van der Waals surface area contributed by atoms with Gasteiger partial charge in [-0.05, 0) is 103 Å². The number of halogens is 3. The quantitative estimate of drug-likeness (QED) is 0.364. The maximum atomic E-state index is 13.6. The zero-order valence-corrected chi connectivity index (χ0v) is 20.3. The van der Waals surface area contributed by atoms with Gasteiger partial charge in [-0.15, -0.1) is 0 Å². The number of hydrogen-bond acceptors (Lipinski definition) is 0. The van der Waals surface area contributed by atoms with E-state index in [1.165, 1.54) is 76.2 Å². The largest absolute Gasteiger partial charge is 0.204 e. The average Bonchev–Trinajstić information content (AvgIpc) is 2.83. The molecule has 1 atom stereocenters. The summed E-state index contributed by atoms with van der Waals surface area (Å²) in [6.07, 6.45) is 15.0. The van der Waals surface area contributed by atoms with Crippen molar-refractivity contribution < 1.29 is 13.2 Å². The molecule has 2 saturated carbocycles. The van der Waals surface area contributed by atoms with Gasteiger partial charge in [-0.3, -0.25) is 0 Å². The normalized spacial score (nSPS) is 26.8. The van der Waals surface area contributed by atoms with Gasteiger partial charge in [0.25, 0.3) is 0 Å². The highest BCUT2D eigenvalue weighted by Crippen LogP contribution is 2.42. The van der Waals surface area contributed by atoms with Crippen molar-refractivity contribution in [1.82, 2.24) is 0 Å². The van der Waals surface area contributed by atoms with Crippen molar-refractivity contribution >= 4 is 0 Å². The molecule has 2 fully saturated rings. The third-order valence-corrected chi connectivity index (χ3v) is 8.64. The first-order valence-electron chi connectivity index (χ1n) is 13.2. The van der Waals surface area contributed by atoms with Gasteiger partial charge in [0.15, 0.2) is 17.5 Å². The molecule has 0 spiro atoms. The fourth-order valence-corrected chi connectivity index (χ4v) is 6.57. The van der Waals surface area contributed by atoms with Crippen molar-refractivity contribution in [3.8, 4) is 11.1 Å². The zero-order chi connectivity index (χ0) is 23.4. The lowest BCUT2D eigenvalue weighted by molar-refractivity contribution is 0.169. The molecule has 1 unspecified atom stereocenters. The lowest BCUT2D eigenvalue weighted by Gasteiger charge is -2.36. The maximum absolute atomic E-state index is 13.6. The minimum Gasteiger partial charge on any atom is -0.204 e. The van der Waals surface area contributed by atoms with E-state index in [0.717, 1.165) is 35.8 Å². The first-order chi connectivity index (χ1) is 15.9. The fraction of sp³-hybridized carbons (Fsp3) is 0.600. The second-order valence-corrected chi connectivity index (χ2v) is 10.9. The Labute approximate surface area is 198 Å². The van der Waals surface area contributed by atoms with Crippen molar-refractivity contribution in [3.63, 3.8) is 0 Å². The van der Waals surface area contributed by atoms with Gasteiger partial charge in [0.2, 0.25) is 0 Å². The van der Waals surface area contributed by atoms with Gasteiger partial charge in [-0.2, -0.15) is 0 Å². The molecular formula is C30H39F3. The lowest BCUT2D eigenvalue weighted by atomic mass is 9.70. The number of rotatable bonds is 7. The first kappa shape index (κ1) is 24.4. The predicted molar refractivity (Wildman–Crippen MR) is 131 cm³/mol. The SMILES string of the molecule is CCCC1CCC(C(C)CC2CCC(c3ccc(-c4cc(F)c(F)c(F)c4)cc3)CC2)CC1. The Morgan fingerprint density at radius 2 is 1.33 bits per heavy atom. The molecule has 0 radical (unpaired) electrons. The molecule has 3 heteroatoms. The highest BCUT2D eigenvalue weighted by atomic mass is 19.2. The number of hydrogen-bond donors (Lipinski definition) is 0. The molecule has 0 aliphatic heterocycles. The second-order valence-electron chi connectivity index (χ2n) is 10.9. The van der Waals surface area contributed by atoms with E-state index in [0.29, 0.717) is 17.0 Å². The highest BCUT2D eigenvalue weighted by Gasteiger charge is 2.29. The molecule has 0 heterocycles. The maximum Gasteiger partial charge on any atom is 0.194 e. The van der Waals surface area contributed by atoms with Crippen LogP contribution in [0.3, 0.4) is 0 Å². The topological polar surface area (TPSA) is 0 Å². The molecule has 0 amide bonds. The summed E-state index contributed by atoms with van der Waals surface area (Å²) in [6.45, 7) is 4.81. The molecule has 0 saturated heterocycles. The van der Waals surface area contributed by atoms with E-state index in [4.69, 9.17) is 0 Å². The van der Waals surface area contributed by atoms with Gasteiger partial charge >= 0.3 is 0 Å². The summed E-state index contributed by atoms with van der Waals surface area (Å²) in [4.78, 5) is 0. The van der Waals surface area contributed by atoms with Gasteiger partial charge < -0.3 is 0 Å². The minimum absolute atomic E-state index is 0.374. The van der Waals surface area contributed by atoms with Gasteiger partial charge in [0.1, 0.15) is 0 Å². The van der Waals surface area contributed by atoms with Crippen molar-refractivity contribution in [2.45, 2.75) is 90.4 Å². The van der Waals surface area contributed by atoms with Crippen LogP contribution >= 0.6 is 0 Å². The van der Waals surface area contributed by atoms with E-state index in [2.05, 4.69) is 26.0 Å². The van der Waals surface area contributed by atoms with Crippen LogP contribution in [-0.2, 0) is 0 Å². The van der Waals surface area contributed by atoms with E-state index < -0.39 is 17.5 Å². The summed E-state index contributed by atoms with van der Waals surface area (Å²) in [5.41, 5.74) is 2.40. The fourth-order valence-electron chi connectivity index (χ4n) is 6.57. The standard InChI is InChI=1S/C30H39F3/c1-3-4-21-5-9-23(10-6-21)20(2)17-22-7-11-24(12-8-22)25-13-15-26(16-14-25)27-18-28(31)30(33)29(32)19-27/h13-16,18-24H,3-12,17H2,1-2H3. The smallest absolute Gasteiger partial charge is 0.194 e. The van der Waals surface area contributed by atoms with Crippen LogP contribution in [-0.4, -0.2) is 0 Å². The summed E-state index contributed by atoms with van der Waals surface area (Å²) < 4.78 is 40.4. The lowest BCUT2D eigenvalue weighted by Crippen LogP contribution is -2.23. The molecule has 0 nitrogen and oxygen atoms in total. The van der Waals surface area contributed by atoms with Crippen molar-refractivity contribution in [2.75, 3.05) is 0 Å². The molecule has 0 bridgehead atoms. The molecule has 2 aliphatic rings. The van der Waals surface area contributed by atoms with Crippen LogP contribution in [0.5, 0.6) is 0 Å². The number of benzene rings is 2. The molecule has 0 aromatic heterocycles. The van der Waals surface area contributed by atoms with Crippen LogP contribution in [0.1, 0.15) is 96.0 Å². The molecular weight excluding hydrogens is 417 g/mol. The minimum atomic E-state index is -1.41. The van der Waals surface area contributed by atoms with Crippen LogP contribution < -0.4 is 0 Å². The molecule has 0 N–H and O–H groups in total. The van der Waals surface area contributed by atoms with E-state index in [1.807, 2.05) is 12.1 Å². The summed E-state index contributed by atoms with van der Waals surface area (Å²) >= 11 is 0. The van der Waals surface area contributed by atoms with Crippen molar-refractivity contribution in [3.05, 3.63) is 59.4 Å². The monoisotopic (exact) mass is 456 g/mol. The summed E-state index contributed by atoms with van der Waals surface area (Å²) in [5, 5.41) is 0. The van der Waals surface area contributed by atoms with Crippen LogP contribution in [0.4, 0.5) is 13.2 Å². The molecule has 2 aliphatic carbocycles. The van der Waals surface area contributed by atoms with E-state index in [9.17, 15) is 13.2 Å². The van der Waals surface area contributed by atoms with E-state index in [1.54, 1.807) is 0 Å². The molecule has 33 heavy (non-hydrogen) atoms. The Morgan fingerprint density at radius 1 is 0.758 bits per heavy atom. The first-order valence-corrected chi connectivity index (χ1v) is 13.2. The van der Waals surface area contributed by atoms with Gasteiger partial charge in [-0.25, -0.2) is 13.2 Å². The molecule has 2 aromatic carbocycles. The third-order valence-electron chi connectivity index (χ3n) is 8.64. The predicted octanol–water partition coefficient (Wildman–Crippen LogP) is 9.68. The summed E-state index contributed by atoms with van der Waals surface area (Å²) in [6, 6.07) is 10.1. The molecule has 4 rings (SSSR count). The highest BCUT2D eigenvalue weighted by molar-refractivity contribution is 5.64. The Balaban J connectivity index is 1.27. The van der Waals surface area contributed by atoms with Gasteiger partial charge in [-0.1, -0.05) is 63.8 Å². The van der Waals surface area contributed by atoms with E-state index in [-0.39, 0.29) is 0 Å². The average molecular weight is 457 g/mol. The van der Waals surface area contributed by atoms with Crippen LogP contribution in [0.2, 0.25) is 0 Å². The summed E-state index contributed by atoms with van der Waals surface area (Å²) in [7, 11) is 0. The summed E-state index contributed by atoms with van der Waals surface area (Å²) in [5.74, 6) is 0.499. The van der Waals surface area contributed by atoms with Crippen molar-refractivity contribution in [2.24, 2.45) is 23.7 Å². The Morgan fingerprint density at radius 3 is 1.91 bits per heavy atom. The second kappa shape index (κ2) is 11.1. The van der Waals surface area contributed by atoms with Gasteiger partial charge in [0, 0.05) is 0 Å². The van der Waals surface area contributed by atoms with Gasteiger partial charge in [0.05, 0.1) is 0 Å². The Hall–Kier alpha value is -1.77. The van der Waals surface area contributed by atoms with Crippen LogP contribution in [0.25, 0.3) is 11.1 Å². The third kappa shape index (κ3) is 6.03. The van der Waals surface area contributed by atoms with Crippen molar-refractivity contribution in [1.29, 1.82) is 0 Å². The van der Waals surface area contributed by atoms with Crippen LogP contribution in [0.15, 0.2) is 36.4 Å². The van der Waals surface area contributed by atoms with Crippen LogP contribution in [0, 0.1) is 41.1 Å². The Bertz CT molecular complexity index is 864. The Kier molecular flexibility index (Phi) is 8.20. The van der Waals surface area contributed by atoms with E-state index >= 15 is 0 Å². The molecule has 2 aromatic rings. The molecule has 180 valence electrons. The zero-order valence-electron chi connectivity index (χ0n) is 20.3.